The van der Waals surface area contributed by atoms with Crippen LogP contribution < -0.4 is 25.6 Å². The third kappa shape index (κ3) is 4.08. The van der Waals surface area contributed by atoms with E-state index in [2.05, 4.69) is 20.4 Å². The predicted molar refractivity (Wildman–Crippen MR) is 134 cm³/mol. The zero-order valence-corrected chi connectivity index (χ0v) is 21.0. The molecule has 1 aliphatic heterocycles. The minimum Gasteiger partial charge on any atom is -0.495 e. The molecule has 0 saturated heterocycles. The Hall–Kier alpha value is -3.37. The van der Waals surface area contributed by atoms with Gasteiger partial charge in [0.25, 0.3) is 11.8 Å². The van der Waals surface area contributed by atoms with E-state index in [1.807, 2.05) is 0 Å². The summed E-state index contributed by atoms with van der Waals surface area (Å²) in [5, 5.41) is 10.0. The van der Waals surface area contributed by atoms with Crippen LogP contribution in [0.2, 0.25) is 0 Å². The molecule has 0 radical (unpaired) electrons. The summed E-state index contributed by atoms with van der Waals surface area (Å²) in [4.78, 5) is 29.4. The molecule has 6 rings (SSSR count). The number of aromatic nitrogens is 2. The fourth-order valence-corrected chi connectivity index (χ4v) is 6.43. The minimum absolute atomic E-state index is 0.0718. The highest BCUT2D eigenvalue weighted by atomic mass is 19.3. The molecule has 2 amide bonds. The number of benzene rings is 1. The Bertz CT molecular complexity index is 1240. The van der Waals surface area contributed by atoms with E-state index < -0.39 is 17.3 Å². The van der Waals surface area contributed by atoms with Crippen LogP contribution >= 0.6 is 0 Å². The Morgan fingerprint density at radius 2 is 2.11 bits per heavy atom. The highest BCUT2D eigenvalue weighted by Crippen LogP contribution is 2.56. The first kappa shape index (κ1) is 24.0. The number of hydrogen-bond donors (Lipinski definition) is 3. The third-order valence-corrected chi connectivity index (χ3v) is 8.72. The van der Waals surface area contributed by atoms with Gasteiger partial charge in [0.2, 0.25) is 5.91 Å². The van der Waals surface area contributed by atoms with Crippen LogP contribution in [-0.2, 0) is 4.79 Å². The molecule has 2 heterocycles. The summed E-state index contributed by atoms with van der Waals surface area (Å²) < 4.78 is 35.7. The van der Waals surface area contributed by atoms with Crippen molar-refractivity contribution >= 4 is 29.0 Å². The number of nitrogen functional groups attached to an aromatic ring is 1. The number of nitrogens with zero attached hydrogens (tertiary/aromatic N) is 3. The predicted octanol–water partition coefficient (Wildman–Crippen LogP) is 3.04. The van der Waals surface area contributed by atoms with Crippen LogP contribution in [0.5, 0.6) is 5.75 Å². The molecule has 37 heavy (non-hydrogen) atoms. The molecule has 11 heteroatoms. The molecule has 3 fully saturated rings. The molecule has 4 N–H and O–H groups in total. The van der Waals surface area contributed by atoms with Crippen molar-refractivity contribution < 1.29 is 23.1 Å². The number of carbonyl (C=O) groups is 2. The van der Waals surface area contributed by atoms with Crippen molar-refractivity contribution in [3.63, 3.8) is 0 Å². The lowest BCUT2D eigenvalue weighted by Crippen LogP contribution is -2.39. The van der Waals surface area contributed by atoms with Crippen molar-refractivity contribution in [1.29, 1.82) is 0 Å². The number of nitrogens with two attached hydrogens (primary N) is 1. The number of amides is 2. The summed E-state index contributed by atoms with van der Waals surface area (Å²) in [5.41, 5.74) is 6.90. The first-order chi connectivity index (χ1) is 17.6. The van der Waals surface area contributed by atoms with Crippen LogP contribution in [0.4, 0.5) is 26.0 Å². The number of alkyl halides is 2. The molecule has 198 valence electrons. The Balaban J connectivity index is 1.12. The van der Waals surface area contributed by atoms with Crippen LogP contribution in [0.25, 0.3) is 0 Å². The number of fused-ring (bicyclic) bond motifs is 1. The second-order valence-electron chi connectivity index (χ2n) is 11.2. The van der Waals surface area contributed by atoms with Crippen LogP contribution in [0, 0.1) is 23.2 Å². The Morgan fingerprint density at radius 1 is 1.32 bits per heavy atom. The van der Waals surface area contributed by atoms with Gasteiger partial charge in [-0.15, -0.1) is 0 Å². The molecule has 4 aliphatic rings. The van der Waals surface area contributed by atoms with E-state index in [1.54, 1.807) is 36.3 Å². The van der Waals surface area contributed by atoms with Crippen LogP contribution in [0.3, 0.4) is 0 Å². The van der Waals surface area contributed by atoms with E-state index in [4.69, 9.17) is 10.5 Å². The maximum Gasteiger partial charge on any atom is 0.251 e. The van der Waals surface area contributed by atoms with Gasteiger partial charge < -0.3 is 25.6 Å². The number of anilines is 3. The zero-order chi connectivity index (χ0) is 26.1. The molecular weight excluding hydrogens is 482 g/mol. The normalized spacial score (nSPS) is 29.1. The summed E-state index contributed by atoms with van der Waals surface area (Å²) in [6.07, 6.45) is 4.00. The van der Waals surface area contributed by atoms with E-state index in [0.29, 0.717) is 48.6 Å². The number of methoxy groups -OCH3 is 1. The summed E-state index contributed by atoms with van der Waals surface area (Å²) >= 11 is 0. The van der Waals surface area contributed by atoms with Crippen molar-refractivity contribution in [2.24, 2.45) is 23.2 Å². The maximum absolute atomic E-state index is 15.2. The average molecular weight is 515 g/mol. The number of ether oxygens (including phenoxy) is 1. The fourth-order valence-electron chi connectivity index (χ4n) is 6.43. The standard InChI is InChI=1S/C26H32F2N6O3/c1-33-20-11-30-32-22(20)34(13-25(5-6-25)24(33)36)12-14-7-17(26(27,28)10-14)16-9-19(16)31-23(35)15-3-4-18(29)21(8-15)37-2/h3-4,8,11,14,16-17,19H,5-7,9-10,12-13,29H2,1-2H3,(H,30,32)(H,31,35)/t14-,16?,17?,19?/m1/s1. The summed E-state index contributed by atoms with van der Waals surface area (Å²) in [6.45, 7) is 0.963. The molecule has 3 aliphatic carbocycles. The Kier molecular flexibility index (Phi) is 5.40. The van der Waals surface area contributed by atoms with Gasteiger partial charge in [-0.2, -0.15) is 5.10 Å². The van der Waals surface area contributed by atoms with Gasteiger partial charge in [0.15, 0.2) is 0 Å². The van der Waals surface area contributed by atoms with E-state index in [9.17, 15) is 9.59 Å². The number of rotatable bonds is 6. The molecule has 9 nitrogen and oxygen atoms in total. The topological polar surface area (TPSA) is 117 Å². The maximum atomic E-state index is 15.2. The summed E-state index contributed by atoms with van der Waals surface area (Å²) in [5.74, 6) is -3.17. The number of halogens is 2. The van der Waals surface area contributed by atoms with E-state index in [-0.39, 0.29) is 36.1 Å². The molecule has 2 aromatic rings. The number of nitrogens with one attached hydrogen (secondary N) is 2. The van der Waals surface area contributed by atoms with Gasteiger partial charge >= 0.3 is 0 Å². The number of H-pyrrole nitrogens is 1. The first-order valence-corrected chi connectivity index (χ1v) is 12.8. The first-order valence-electron chi connectivity index (χ1n) is 12.8. The second-order valence-corrected chi connectivity index (χ2v) is 11.2. The van der Waals surface area contributed by atoms with Gasteiger partial charge in [0.05, 0.1) is 24.4 Å². The van der Waals surface area contributed by atoms with Gasteiger partial charge in [-0.05, 0) is 55.7 Å². The number of carbonyl (C=O) groups excluding carboxylic acids is 2. The SMILES string of the molecule is COc1cc(C(=O)NC2CC2C2C[C@@H](CN3CC4(CC4)C(=O)N(C)c4cn[nH]c43)CC2(F)F)ccc1N. The lowest BCUT2D eigenvalue weighted by atomic mass is 9.97. The molecule has 1 spiro atoms. The summed E-state index contributed by atoms with van der Waals surface area (Å²) in [6, 6.07) is 4.48. The highest BCUT2D eigenvalue weighted by Gasteiger charge is 2.60. The van der Waals surface area contributed by atoms with Gasteiger partial charge in [-0.25, -0.2) is 8.78 Å². The average Bonchev–Trinajstić information content (AvgIpc) is 3.73. The van der Waals surface area contributed by atoms with E-state index in [1.165, 1.54) is 7.11 Å². The lowest BCUT2D eigenvalue weighted by molar-refractivity contribution is -0.122. The largest absolute Gasteiger partial charge is 0.495 e. The molecule has 4 atom stereocenters. The lowest BCUT2D eigenvalue weighted by Gasteiger charge is -2.27. The number of aromatic amines is 1. The zero-order valence-electron chi connectivity index (χ0n) is 21.0. The minimum atomic E-state index is -2.80. The van der Waals surface area contributed by atoms with Gasteiger partial charge in [-0.1, -0.05) is 0 Å². The quantitative estimate of drug-likeness (QED) is 0.511. The van der Waals surface area contributed by atoms with Crippen molar-refractivity contribution in [2.45, 2.75) is 44.1 Å². The molecule has 1 aromatic carbocycles. The Morgan fingerprint density at radius 3 is 2.84 bits per heavy atom. The van der Waals surface area contributed by atoms with Crippen LogP contribution in [0.15, 0.2) is 24.4 Å². The van der Waals surface area contributed by atoms with Crippen molar-refractivity contribution in [3.05, 3.63) is 30.0 Å². The van der Waals surface area contributed by atoms with Gasteiger partial charge in [0, 0.05) is 44.1 Å². The van der Waals surface area contributed by atoms with E-state index >= 15 is 8.78 Å². The van der Waals surface area contributed by atoms with Crippen molar-refractivity contribution in [3.8, 4) is 5.75 Å². The monoisotopic (exact) mass is 514 g/mol. The molecular formula is C26H32F2N6O3. The highest BCUT2D eigenvalue weighted by molar-refractivity contribution is 6.02. The molecule has 3 unspecified atom stereocenters. The van der Waals surface area contributed by atoms with Crippen molar-refractivity contribution in [2.75, 3.05) is 42.8 Å². The van der Waals surface area contributed by atoms with Gasteiger partial charge in [-0.3, -0.25) is 14.7 Å². The summed E-state index contributed by atoms with van der Waals surface area (Å²) in [7, 11) is 3.23. The molecule has 3 saturated carbocycles. The smallest absolute Gasteiger partial charge is 0.251 e. The molecule has 1 aromatic heterocycles. The third-order valence-electron chi connectivity index (χ3n) is 8.72. The molecule has 0 bridgehead atoms. The van der Waals surface area contributed by atoms with Crippen molar-refractivity contribution in [1.82, 2.24) is 15.5 Å². The van der Waals surface area contributed by atoms with Crippen LogP contribution in [0.1, 0.15) is 42.5 Å². The van der Waals surface area contributed by atoms with E-state index in [0.717, 1.165) is 18.7 Å². The Labute approximate surface area is 213 Å². The fraction of sp³-hybridized carbons (Fsp3) is 0.577. The van der Waals surface area contributed by atoms with Crippen LogP contribution in [-0.4, -0.2) is 61.2 Å². The second kappa shape index (κ2) is 8.32. The number of hydrogen-bond acceptors (Lipinski definition) is 6. The van der Waals surface area contributed by atoms with Gasteiger partial charge in [0.1, 0.15) is 17.3 Å².